The van der Waals surface area contributed by atoms with Gasteiger partial charge in [0.2, 0.25) is 0 Å². The third-order valence-electron chi connectivity index (χ3n) is 2.07. The zero-order valence-corrected chi connectivity index (χ0v) is 10.8. The average molecular weight is 238 g/mol. The molecule has 0 radical (unpaired) electrons. The standard InChI is InChI=1S/C10H16N4O.C2H6/c1-8(15)3-2-6-14(12)10-4-5-13-7-9(10)11;1-2/h4-5,7H,2-3,6,11-12H2,1H3;1-2H3. The van der Waals surface area contributed by atoms with Crippen molar-refractivity contribution < 1.29 is 4.79 Å². The Bertz CT molecular complexity index is 341. The summed E-state index contributed by atoms with van der Waals surface area (Å²) in [6, 6.07) is 1.75. The second-order valence-electron chi connectivity index (χ2n) is 3.43. The third-order valence-corrected chi connectivity index (χ3v) is 2.07. The maximum atomic E-state index is 10.7. The molecule has 1 heterocycles. The average Bonchev–Trinajstić information content (AvgIpc) is 2.31. The number of rotatable bonds is 5. The van der Waals surface area contributed by atoms with E-state index in [9.17, 15) is 4.79 Å². The van der Waals surface area contributed by atoms with E-state index in [1.54, 1.807) is 30.4 Å². The van der Waals surface area contributed by atoms with Gasteiger partial charge < -0.3 is 15.5 Å². The number of nitrogen functional groups attached to an aromatic ring is 1. The number of hydrazine groups is 1. The lowest BCUT2D eigenvalue weighted by molar-refractivity contribution is -0.117. The van der Waals surface area contributed by atoms with E-state index in [1.165, 1.54) is 0 Å². The quantitative estimate of drug-likeness (QED) is 0.603. The van der Waals surface area contributed by atoms with Crippen molar-refractivity contribution in [3.8, 4) is 0 Å². The van der Waals surface area contributed by atoms with E-state index < -0.39 is 0 Å². The SMILES string of the molecule is CC.CC(=O)CCCN(N)c1ccncc1N. The van der Waals surface area contributed by atoms with Crippen molar-refractivity contribution in [1.82, 2.24) is 4.98 Å². The topological polar surface area (TPSA) is 85.2 Å². The highest BCUT2D eigenvalue weighted by Crippen LogP contribution is 2.18. The summed E-state index contributed by atoms with van der Waals surface area (Å²) in [7, 11) is 0. The molecule has 0 spiro atoms. The van der Waals surface area contributed by atoms with Crippen LogP contribution >= 0.6 is 0 Å². The first kappa shape index (κ1) is 15.4. The molecule has 0 aliphatic carbocycles. The lowest BCUT2D eigenvalue weighted by Crippen LogP contribution is -2.32. The highest BCUT2D eigenvalue weighted by Gasteiger charge is 2.05. The number of pyridine rings is 1. The molecule has 5 heteroatoms. The van der Waals surface area contributed by atoms with Gasteiger partial charge in [0.25, 0.3) is 0 Å². The Kier molecular flexibility index (Phi) is 7.71. The summed E-state index contributed by atoms with van der Waals surface area (Å²) in [5.41, 5.74) is 6.99. The first-order valence-electron chi connectivity index (χ1n) is 5.82. The molecule has 1 aromatic heterocycles. The number of aromatic nitrogens is 1. The molecule has 5 nitrogen and oxygen atoms in total. The van der Waals surface area contributed by atoms with E-state index in [-0.39, 0.29) is 5.78 Å². The minimum Gasteiger partial charge on any atom is -0.396 e. The first-order valence-corrected chi connectivity index (χ1v) is 5.82. The molecule has 0 aromatic carbocycles. The first-order chi connectivity index (χ1) is 8.11. The predicted octanol–water partition coefficient (Wildman–Crippen LogP) is 1.74. The lowest BCUT2D eigenvalue weighted by atomic mass is 10.2. The molecule has 0 aliphatic rings. The van der Waals surface area contributed by atoms with E-state index in [2.05, 4.69) is 4.98 Å². The molecule has 0 aliphatic heterocycles. The van der Waals surface area contributed by atoms with Crippen LogP contribution in [0.1, 0.15) is 33.6 Å². The van der Waals surface area contributed by atoms with Crippen molar-refractivity contribution in [2.45, 2.75) is 33.6 Å². The number of carbonyl (C=O) groups is 1. The molecule has 1 aromatic rings. The number of hydrogen-bond acceptors (Lipinski definition) is 5. The molecular weight excluding hydrogens is 216 g/mol. The van der Waals surface area contributed by atoms with Gasteiger partial charge in [0.1, 0.15) is 5.78 Å². The summed E-state index contributed by atoms with van der Waals surface area (Å²) in [4.78, 5) is 14.6. The van der Waals surface area contributed by atoms with Crippen LogP contribution in [0.2, 0.25) is 0 Å². The second kappa shape index (κ2) is 8.52. The van der Waals surface area contributed by atoms with Crippen molar-refractivity contribution in [2.24, 2.45) is 5.84 Å². The smallest absolute Gasteiger partial charge is 0.129 e. The molecule has 0 fully saturated rings. The normalized spacial score (nSPS) is 9.18. The molecule has 96 valence electrons. The predicted molar refractivity (Wildman–Crippen MR) is 71.4 cm³/mol. The van der Waals surface area contributed by atoms with Gasteiger partial charge in [0.05, 0.1) is 17.6 Å². The van der Waals surface area contributed by atoms with Gasteiger partial charge in [0, 0.05) is 19.2 Å². The fourth-order valence-corrected chi connectivity index (χ4v) is 1.28. The summed E-state index contributed by atoms with van der Waals surface area (Å²) in [5.74, 6) is 5.97. The molecule has 0 atom stereocenters. The number of Topliss-reactive ketones (excluding diaryl/α,β-unsaturated/α-hetero) is 1. The minimum atomic E-state index is 0.172. The Morgan fingerprint density at radius 1 is 1.47 bits per heavy atom. The van der Waals surface area contributed by atoms with Crippen molar-refractivity contribution in [3.63, 3.8) is 0 Å². The van der Waals surface area contributed by atoms with E-state index in [1.807, 2.05) is 13.8 Å². The van der Waals surface area contributed by atoms with Crippen LogP contribution in [0.15, 0.2) is 18.5 Å². The molecule has 0 unspecified atom stereocenters. The zero-order chi connectivity index (χ0) is 13.3. The van der Waals surface area contributed by atoms with Gasteiger partial charge in [-0.15, -0.1) is 0 Å². The molecule has 0 saturated heterocycles. The number of ketones is 1. The second-order valence-corrected chi connectivity index (χ2v) is 3.43. The van der Waals surface area contributed by atoms with E-state index in [0.29, 0.717) is 18.7 Å². The zero-order valence-electron chi connectivity index (χ0n) is 10.8. The fourth-order valence-electron chi connectivity index (χ4n) is 1.28. The van der Waals surface area contributed by atoms with Gasteiger partial charge in [-0.1, -0.05) is 13.8 Å². The maximum Gasteiger partial charge on any atom is 0.129 e. The Morgan fingerprint density at radius 3 is 2.65 bits per heavy atom. The van der Waals surface area contributed by atoms with Crippen LogP contribution in [-0.2, 0) is 4.79 Å². The van der Waals surface area contributed by atoms with Gasteiger partial charge in [-0.2, -0.15) is 0 Å². The van der Waals surface area contributed by atoms with Gasteiger partial charge in [-0.3, -0.25) is 4.98 Å². The fraction of sp³-hybridized carbons (Fsp3) is 0.500. The summed E-state index contributed by atoms with van der Waals surface area (Å²) in [5, 5.41) is 1.54. The summed E-state index contributed by atoms with van der Waals surface area (Å²) in [6.45, 7) is 6.18. The summed E-state index contributed by atoms with van der Waals surface area (Å²) in [6.07, 6.45) is 4.46. The van der Waals surface area contributed by atoms with Gasteiger partial charge in [0.15, 0.2) is 0 Å². The third kappa shape index (κ3) is 5.87. The number of nitrogens with zero attached hydrogens (tertiary/aromatic N) is 2. The number of anilines is 2. The number of carbonyl (C=O) groups excluding carboxylic acids is 1. The van der Waals surface area contributed by atoms with E-state index >= 15 is 0 Å². The van der Waals surface area contributed by atoms with Crippen LogP contribution < -0.4 is 16.6 Å². The van der Waals surface area contributed by atoms with E-state index in [0.717, 1.165) is 12.1 Å². The molecule has 17 heavy (non-hydrogen) atoms. The number of nitrogens with two attached hydrogens (primary N) is 2. The largest absolute Gasteiger partial charge is 0.396 e. The molecular formula is C12H22N4O. The Balaban J connectivity index is 0.00000121. The van der Waals surface area contributed by atoms with Crippen molar-refractivity contribution in [3.05, 3.63) is 18.5 Å². The molecule has 0 saturated carbocycles. The van der Waals surface area contributed by atoms with E-state index in [4.69, 9.17) is 11.6 Å². The van der Waals surface area contributed by atoms with Crippen LogP contribution in [0.4, 0.5) is 11.4 Å². The van der Waals surface area contributed by atoms with Crippen LogP contribution in [0.5, 0.6) is 0 Å². The van der Waals surface area contributed by atoms with Crippen LogP contribution in [0.25, 0.3) is 0 Å². The van der Waals surface area contributed by atoms with Crippen LogP contribution in [-0.4, -0.2) is 17.3 Å². The minimum absolute atomic E-state index is 0.172. The van der Waals surface area contributed by atoms with Crippen LogP contribution in [0, 0.1) is 0 Å². The molecule has 0 amide bonds. The highest BCUT2D eigenvalue weighted by atomic mass is 16.1. The van der Waals surface area contributed by atoms with Gasteiger partial charge >= 0.3 is 0 Å². The Morgan fingerprint density at radius 2 is 2.12 bits per heavy atom. The highest BCUT2D eigenvalue weighted by molar-refractivity contribution is 5.75. The van der Waals surface area contributed by atoms with Crippen molar-refractivity contribution >= 4 is 17.2 Å². The summed E-state index contributed by atoms with van der Waals surface area (Å²) < 4.78 is 0. The van der Waals surface area contributed by atoms with Crippen molar-refractivity contribution in [1.29, 1.82) is 0 Å². The Labute approximate surface area is 103 Å². The molecule has 0 bridgehead atoms. The maximum absolute atomic E-state index is 10.7. The monoisotopic (exact) mass is 238 g/mol. The Hall–Kier alpha value is -1.62. The van der Waals surface area contributed by atoms with Gasteiger partial charge in [-0.05, 0) is 19.4 Å². The van der Waals surface area contributed by atoms with Gasteiger partial charge in [-0.25, -0.2) is 5.84 Å². The molecule has 4 N–H and O–H groups in total. The lowest BCUT2D eigenvalue weighted by Gasteiger charge is -2.19. The van der Waals surface area contributed by atoms with Crippen LogP contribution in [0.3, 0.4) is 0 Å². The number of hydrogen-bond donors (Lipinski definition) is 2. The summed E-state index contributed by atoms with van der Waals surface area (Å²) >= 11 is 0. The van der Waals surface area contributed by atoms with Crippen molar-refractivity contribution in [2.75, 3.05) is 17.3 Å². The molecule has 1 rings (SSSR count).